The van der Waals surface area contributed by atoms with Crippen LogP contribution >= 0.6 is 0 Å². The van der Waals surface area contributed by atoms with Gasteiger partial charge in [-0.2, -0.15) is 0 Å². The quantitative estimate of drug-likeness (QED) is 0.806. The molecular weight excluding hydrogens is 222 g/mol. The summed E-state index contributed by atoms with van der Waals surface area (Å²) in [5, 5.41) is 0. The Labute approximate surface area is 112 Å². The lowest BCUT2D eigenvalue weighted by atomic mass is 10.1. The Balaban J connectivity index is 2.90. The van der Waals surface area contributed by atoms with Gasteiger partial charge < -0.3 is 15.5 Å². The lowest BCUT2D eigenvalue weighted by Crippen LogP contribution is -2.33. The van der Waals surface area contributed by atoms with E-state index in [1.807, 2.05) is 0 Å². The van der Waals surface area contributed by atoms with Crippen LogP contribution in [0.4, 0.5) is 5.69 Å². The normalized spacial score (nSPS) is 12.8. The number of benzene rings is 1. The van der Waals surface area contributed by atoms with Crippen LogP contribution in [-0.2, 0) is 0 Å². The zero-order valence-corrected chi connectivity index (χ0v) is 12.2. The number of nitrogens with zero attached hydrogens (tertiary/aromatic N) is 2. The standard InChI is InChI=1S/C15H27N3/c1-5-10-18(12-11-17(3)4)15-9-7-6-8-14(15)13(2)16/h6-9,13H,5,10-12,16H2,1-4H3. The van der Waals surface area contributed by atoms with E-state index in [2.05, 4.69) is 62.0 Å². The van der Waals surface area contributed by atoms with Crippen molar-refractivity contribution in [3.8, 4) is 0 Å². The second-order valence-electron chi connectivity index (χ2n) is 5.14. The molecule has 0 amide bonds. The van der Waals surface area contributed by atoms with Gasteiger partial charge in [0.2, 0.25) is 0 Å². The van der Waals surface area contributed by atoms with Gasteiger partial charge in [-0.1, -0.05) is 25.1 Å². The number of para-hydroxylation sites is 1. The first kappa shape index (κ1) is 15.0. The third-order valence-corrected chi connectivity index (χ3v) is 3.08. The van der Waals surface area contributed by atoms with Crippen molar-refractivity contribution in [3.05, 3.63) is 29.8 Å². The zero-order valence-electron chi connectivity index (χ0n) is 12.2. The fourth-order valence-corrected chi connectivity index (χ4v) is 2.10. The minimum atomic E-state index is 0.0833. The molecule has 1 atom stereocenters. The Morgan fingerprint density at radius 3 is 2.33 bits per heavy atom. The zero-order chi connectivity index (χ0) is 13.5. The number of hydrogen-bond donors (Lipinski definition) is 1. The first-order valence-electron chi connectivity index (χ1n) is 6.80. The van der Waals surface area contributed by atoms with Crippen LogP contribution in [0.25, 0.3) is 0 Å². The monoisotopic (exact) mass is 249 g/mol. The summed E-state index contributed by atoms with van der Waals surface area (Å²) in [4.78, 5) is 4.66. The Morgan fingerprint density at radius 2 is 1.78 bits per heavy atom. The van der Waals surface area contributed by atoms with Gasteiger partial charge >= 0.3 is 0 Å². The van der Waals surface area contributed by atoms with Crippen molar-refractivity contribution in [1.82, 2.24) is 4.90 Å². The van der Waals surface area contributed by atoms with Crippen LogP contribution < -0.4 is 10.6 Å². The predicted octanol–water partition coefficient (Wildman–Crippen LogP) is 2.48. The molecule has 0 aliphatic rings. The summed E-state index contributed by atoms with van der Waals surface area (Å²) in [5.41, 5.74) is 8.60. The summed E-state index contributed by atoms with van der Waals surface area (Å²) in [6, 6.07) is 8.57. The number of anilines is 1. The molecule has 0 bridgehead atoms. The van der Waals surface area contributed by atoms with Gasteiger partial charge in [0.15, 0.2) is 0 Å². The van der Waals surface area contributed by atoms with E-state index in [9.17, 15) is 0 Å². The average molecular weight is 249 g/mol. The molecule has 1 aromatic carbocycles. The van der Waals surface area contributed by atoms with E-state index in [0.717, 1.165) is 26.1 Å². The topological polar surface area (TPSA) is 32.5 Å². The van der Waals surface area contributed by atoms with Crippen LogP contribution in [0.1, 0.15) is 31.9 Å². The van der Waals surface area contributed by atoms with E-state index in [-0.39, 0.29) is 6.04 Å². The molecule has 18 heavy (non-hydrogen) atoms. The molecule has 1 rings (SSSR count). The molecular formula is C15H27N3. The molecule has 0 radical (unpaired) electrons. The number of hydrogen-bond acceptors (Lipinski definition) is 3. The van der Waals surface area contributed by atoms with Gasteiger partial charge in [0.25, 0.3) is 0 Å². The molecule has 0 saturated carbocycles. The third kappa shape index (κ3) is 4.31. The molecule has 0 heterocycles. The molecule has 0 aromatic heterocycles. The van der Waals surface area contributed by atoms with E-state index in [1.165, 1.54) is 11.3 Å². The van der Waals surface area contributed by atoms with Gasteiger partial charge in [-0.15, -0.1) is 0 Å². The van der Waals surface area contributed by atoms with E-state index in [1.54, 1.807) is 0 Å². The van der Waals surface area contributed by atoms with Crippen LogP contribution in [0, 0.1) is 0 Å². The summed E-state index contributed by atoms with van der Waals surface area (Å²) >= 11 is 0. The minimum absolute atomic E-state index is 0.0833. The minimum Gasteiger partial charge on any atom is -0.370 e. The molecule has 2 N–H and O–H groups in total. The lowest BCUT2D eigenvalue weighted by Gasteiger charge is -2.29. The van der Waals surface area contributed by atoms with Crippen molar-refractivity contribution in [2.24, 2.45) is 5.73 Å². The molecule has 1 aromatic rings. The van der Waals surface area contributed by atoms with Gasteiger partial charge in [-0.05, 0) is 39.1 Å². The highest BCUT2D eigenvalue weighted by molar-refractivity contribution is 5.54. The summed E-state index contributed by atoms with van der Waals surface area (Å²) < 4.78 is 0. The summed E-state index contributed by atoms with van der Waals surface area (Å²) in [6.45, 7) is 7.46. The summed E-state index contributed by atoms with van der Waals surface area (Å²) in [7, 11) is 4.23. The molecule has 0 aliphatic heterocycles. The smallest absolute Gasteiger partial charge is 0.0414 e. The molecule has 0 spiro atoms. The third-order valence-electron chi connectivity index (χ3n) is 3.08. The summed E-state index contributed by atoms with van der Waals surface area (Å²) in [5.74, 6) is 0. The Kier molecular flexibility index (Phi) is 6.16. The highest BCUT2D eigenvalue weighted by Crippen LogP contribution is 2.25. The maximum Gasteiger partial charge on any atom is 0.0414 e. The van der Waals surface area contributed by atoms with Crippen molar-refractivity contribution >= 4 is 5.69 Å². The van der Waals surface area contributed by atoms with Gasteiger partial charge in [0, 0.05) is 31.4 Å². The number of rotatable bonds is 7. The maximum absolute atomic E-state index is 6.07. The molecule has 0 saturated heterocycles. The van der Waals surface area contributed by atoms with Crippen molar-refractivity contribution in [3.63, 3.8) is 0 Å². The van der Waals surface area contributed by atoms with Crippen molar-refractivity contribution in [2.45, 2.75) is 26.3 Å². The molecule has 3 heteroatoms. The van der Waals surface area contributed by atoms with E-state index >= 15 is 0 Å². The van der Waals surface area contributed by atoms with Gasteiger partial charge in [-0.3, -0.25) is 0 Å². The molecule has 0 aliphatic carbocycles. The largest absolute Gasteiger partial charge is 0.370 e. The summed E-state index contributed by atoms with van der Waals surface area (Å²) in [6.07, 6.45) is 1.15. The van der Waals surface area contributed by atoms with Gasteiger partial charge in [-0.25, -0.2) is 0 Å². The second-order valence-corrected chi connectivity index (χ2v) is 5.14. The highest BCUT2D eigenvalue weighted by Gasteiger charge is 2.12. The van der Waals surface area contributed by atoms with Crippen LogP contribution in [0.2, 0.25) is 0 Å². The molecule has 1 unspecified atom stereocenters. The molecule has 102 valence electrons. The van der Waals surface area contributed by atoms with Crippen molar-refractivity contribution in [2.75, 3.05) is 38.6 Å². The fraction of sp³-hybridized carbons (Fsp3) is 0.600. The number of likely N-dealkylation sites (N-methyl/N-ethyl adjacent to an activating group) is 1. The fourth-order valence-electron chi connectivity index (χ4n) is 2.10. The Hall–Kier alpha value is -1.06. The molecule has 0 fully saturated rings. The van der Waals surface area contributed by atoms with Gasteiger partial charge in [0.05, 0.1) is 0 Å². The van der Waals surface area contributed by atoms with Crippen LogP contribution in [0.3, 0.4) is 0 Å². The van der Waals surface area contributed by atoms with Crippen molar-refractivity contribution in [1.29, 1.82) is 0 Å². The Morgan fingerprint density at radius 1 is 1.11 bits per heavy atom. The van der Waals surface area contributed by atoms with Gasteiger partial charge in [0.1, 0.15) is 0 Å². The predicted molar refractivity (Wildman–Crippen MR) is 80.1 cm³/mol. The lowest BCUT2D eigenvalue weighted by molar-refractivity contribution is 0.412. The van der Waals surface area contributed by atoms with E-state index in [4.69, 9.17) is 5.73 Å². The second kappa shape index (κ2) is 7.39. The maximum atomic E-state index is 6.07. The SMILES string of the molecule is CCCN(CCN(C)C)c1ccccc1C(C)N. The van der Waals surface area contributed by atoms with Crippen LogP contribution in [-0.4, -0.2) is 38.6 Å². The highest BCUT2D eigenvalue weighted by atomic mass is 15.2. The van der Waals surface area contributed by atoms with E-state index < -0.39 is 0 Å². The van der Waals surface area contributed by atoms with Crippen LogP contribution in [0.15, 0.2) is 24.3 Å². The Bertz CT molecular complexity index is 347. The first-order valence-corrected chi connectivity index (χ1v) is 6.80. The van der Waals surface area contributed by atoms with Crippen LogP contribution in [0.5, 0.6) is 0 Å². The van der Waals surface area contributed by atoms with E-state index in [0.29, 0.717) is 0 Å². The molecule has 3 nitrogen and oxygen atoms in total. The average Bonchev–Trinajstić information content (AvgIpc) is 2.34. The van der Waals surface area contributed by atoms with Crippen molar-refractivity contribution < 1.29 is 0 Å². The first-order chi connectivity index (χ1) is 8.56. The number of nitrogens with two attached hydrogens (primary N) is 1.